The van der Waals surface area contributed by atoms with Crippen molar-refractivity contribution < 1.29 is 19.1 Å². The van der Waals surface area contributed by atoms with E-state index in [-0.39, 0.29) is 31.3 Å². The zero-order chi connectivity index (χ0) is 18.4. The van der Waals surface area contributed by atoms with Crippen molar-refractivity contribution in [2.45, 2.75) is 20.3 Å². The number of esters is 1. The lowest BCUT2D eigenvalue weighted by atomic mass is 10.1. The number of rotatable bonds is 7. The Bertz CT molecular complexity index is 778. The van der Waals surface area contributed by atoms with Crippen molar-refractivity contribution in [2.24, 2.45) is 7.05 Å². The van der Waals surface area contributed by atoms with Crippen LogP contribution < -0.4 is 5.32 Å². The monoisotopic (exact) mass is 342 g/mol. The van der Waals surface area contributed by atoms with E-state index in [4.69, 9.17) is 4.74 Å². The molecule has 1 aromatic carbocycles. The first-order chi connectivity index (χ1) is 11.9. The average Bonchev–Trinajstić information content (AvgIpc) is 2.86. The lowest BCUT2D eigenvalue weighted by Gasteiger charge is -2.07. The fraction of sp³-hybridized carbons (Fsp3) is 0.316. The van der Waals surface area contributed by atoms with Crippen molar-refractivity contribution in [2.75, 3.05) is 13.2 Å². The second-order valence-electron chi connectivity index (χ2n) is 5.87. The first-order valence-corrected chi connectivity index (χ1v) is 8.01. The summed E-state index contributed by atoms with van der Waals surface area (Å²) in [5.74, 6) is -1.17. The molecule has 6 heteroatoms. The van der Waals surface area contributed by atoms with E-state index in [0.717, 1.165) is 17.0 Å². The van der Waals surface area contributed by atoms with Gasteiger partial charge < -0.3 is 14.6 Å². The molecule has 0 unspecified atom stereocenters. The standard InChI is InChI=1S/C19H22N2O4/c1-13-9-16(14(2)21(13)3)17(22)12-25-19(24)11-20-18(23)10-15-7-5-4-6-8-15/h4-9H,10-12H2,1-3H3,(H,20,23). The summed E-state index contributed by atoms with van der Waals surface area (Å²) in [7, 11) is 1.87. The number of aryl methyl sites for hydroxylation is 1. The van der Waals surface area contributed by atoms with Crippen LogP contribution in [0.15, 0.2) is 36.4 Å². The predicted molar refractivity (Wildman–Crippen MR) is 93.3 cm³/mol. The highest BCUT2D eigenvalue weighted by atomic mass is 16.5. The molecule has 0 aliphatic carbocycles. The molecule has 0 saturated carbocycles. The second kappa shape index (κ2) is 8.28. The molecule has 0 bridgehead atoms. The molecule has 0 fully saturated rings. The lowest BCUT2D eigenvalue weighted by Crippen LogP contribution is -2.32. The van der Waals surface area contributed by atoms with E-state index in [1.165, 1.54) is 0 Å². The van der Waals surface area contributed by atoms with E-state index in [0.29, 0.717) is 5.56 Å². The molecule has 2 rings (SSSR count). The van der Waals surface area contributed by atoms with Crippen molar-refractivity contribution in [3.05, 3.63) is 58.9 Å². The van der Waals surface area contributed by atoms with Crippen LogP contribution in [0, 0.1) is 13.8 Å². The van der Waals surface area contributed by atoms with E-state index in [2.05, 4.69) is 5.32 Å². The highest BCUT2D eigenvalue weighted by Gasteiger charge is 2.16. The zero-order valence-electron chi connectivity index (χ0n) is 14.7. The van der Waals surface area contributed by atoms with Gasteiger partial charge in [0.2, 0.25) is 11.7 Å². The summed E-state index contributed by atoms with van der Waals surface area (Å²) in [5.41, 5.74) is 3.19. The number of ketones is 1. The van der Waals surface area contributed by atoms with Crippen LogP contribution in [0.25, 0.3) is 0 Å². The number of aromatic nitrogens is 1. The molecule has 6 nitrogen and oxygen atoms in total. The number of carbonyl (C=O) groups excluding carboxylic acids is 3. The second-order valence-corrected chi connectivity index (χ2v) is 5.87. The number of Topliss-reactive ketones (excluding diaryl/α,β-unsaturated/α-hetero) is 1. The van der Waals surface area contributed by atoms with Crippen LogP contribution in [-0.4, -0.2) is 35.4 Å². The van der Waals surface area contributed by atoms with E-state index < -0.39 is 5.97 Å². The molecular formula is C19H22N2O4. The molecule has 0 spiro atoms. The molecule has 0 aliphatic heterocycles. The van der Waals surface area contributed by atoms with Crippen LogP contribution in [0.3, 0.4) is 0 Å². The summed E-state index contributed by atoms with van der Waals surface area (Å²) in [4.78, 5) is 35.6. The number of benzene rings is 1. The molecule has 1 aromatic heterocycles. The highest BCUT2D eigenvalue weighted by molar-refractivity contribution is 5.99. The Balaban J connectivity index is 1.76. The van der Waals surface area contributed by atoms with Crippen molar-refractivity contribution in [1.29, 1.82) is 0 Å². The lowest BCUT2D eigenvalue weighted by molar-refractivity contribution is -0.142. The highest BCUT2D eigenvalue weighted by Crippen LogP contribution is 2.13. The molecule has 0 aliphatic rings. The molecule has 25 heavy (non-hydrogen) atoms. The summed E-state index contributed by atoms with van der Waals surface area (Å²) < 4.78 is 6.85. The van der Waals surface area contributed by atoms with Gasteiger partial charge in [-0.3, -0.25) is 14.4 Å². The minimum Gasteiger partial charge on any atom is -0.456 e. The molecule has 1 amide bonds. The Morgan fingerprint density at radius 1 is 1.12 bits per heavy atom. The first kappa shape index (κ1) is 18.4. The molecule has 132 valence electrons. The minimum absolute atomic E-state index is 0.190. The van der Waals surface area contributed by atoms with Gasteiger partial charge in [0.1, 0.15) is 6.54 Å². The Hall–Kier alpha value is -2.89. The average molecular weight is 342 g/mol. The number of ether oxygens (including phenoxy) is 1. The number of nitrogens with zero attached hydrogens (tertiary/aromatic N) is 1. The maximum absolute atomic E-state index is 12.1. The number of hydrogen-bond donors (Lipinski definition) is 1. The first-order valence-electron chi connectivity index (χ1n) is 8.01. The maximum Gasteiger partial charge on any atom is 0.325 e. The predicted octanol–water partition coefficient (Wildman–Crippen LogP) is 1.73. The summed E-state index contributed by atoms with van der Waals surface area (Å²) >= 11 is 0. The Labute approximate surface area is 146 Å². The van der Waals surface area contributed by atoms with Crippen molar-refractivity contribution in [1.82, 2.24) is 9.88 Å². The summed E-state index contributed by atoms with van der Waals surface area (Å²) in [6.45, 7) is 3.15. The number of nitrogens with one attached hydrogen (secondary N) is 1. The van der Waals surface area contributed by atoms with Gasteiger partial charge in [0.05, 0.1) is 6.42 Å². The molecule has 0 saturated heterocycles. The minimum atomic E-state index is -0.639. The third kappa shape index (κ3) is 5.04. The smallest absolute Gasteiger partial charge is 0.325 e. The summed E-state index contributed by atoms with van der Waals surface area (Å²) in [6, 6.07) is 11.0. The number of amides is 1. The quantitative estimate of drug-likeness (QED) is 0.614. The van der Waals surface area contributed by atoms with Crippen LogP contribution in [-0.2, 0) is 27.8 Å². The van der Waals surface area contributed by atoms with Gasteiger partial charge in [-0.2, -0.15) is 0 Å². The van der Waals surface area contributed by atoms with E-state index in [9.17, 15) is 14.4 Å². The van der Waals surface area contributed by atoms with Gasteiger partial charge in [0, 0.05) is 24.0 Å². The SMILES string of the molecule is Cc1cc(C(=O)COC(=O)CNC(=O)Cc2ccccc2)c(C)n1C. The molecule has 2 aromatic rings. The Kier molecular flexibility index (Phi) is 6.11. The number of carbonyl (C=O) groups is 3. The van der Waals surface area contributed by atoms with E-state index in [1.54, 1.807) is 6.07 Å². The normalized spacial score (nSPS) is 10.4. The van der Waals surface area contributed by atoms with Gasteiger partial charge in [-0.1, -0.05) is 30.3 Å². The van der Waals surface area contributed by atoms with Gasteiger partial charge >= 0.3 is 5.97 Å². The molecular weight excluding hydrogens is 320 g/mol. The molecule has 0 atom stereocenters. The van der Waals surface area contributed by atoms with Crippen LogP contribution in [0.5, 0.6) is 0 Å². The zero-order valence-corrected chi connectivity index (χ0v) is 14.7. The molecule has 1 heterocycles. The summed E-state index contributed by atoms with van der Waals surface area (Å²) in [6.07, 6.45) is 0.190. The van der Waals surface area contributed by atoms with Crippen LogP contribution in [0.1, 0.15) is 27.3 Å². The van der Waals surface area contributed by atoms with Gasteiger partial charge in [-0.05, 0) is 25.5 Å². The van der Waals surface area contributed by atoms with Gasteiger partial charge in [-0.15, -0.1) is 0 Å². The third-order valence-electron chi connectivity index (χ3n) is 4.08. The maximum atomic E-state index is 12.1. The number of hydrogen-bond acceptors (Lipinski definition) is 4. The van der Waals surface area contributed by atoms with Gasteiger partial charge in [0.25, 0.3) is 0 Å². The Morgan fingerprint density at radius 2 is 1.80 bits per heavy atom. The van der Waals surface area contributed by atoms with Gasteiger partial charge in [0.15, 0.2) is 6.61 Å². The Morgan fingerprint density at radius 3 is 2.40 bits per heavy atom. The van der Waals surface area contributed by atoms with Gasteiger partial charge in [-0.25, -0.2) is 0 Å². The third-order valence-corrected chi connectivity index (χ3v) is 4.08. The molecule has 1 N–H and O–H groups in total. The largest absolute Gasteiger partial charge is 0.456 e. The van der Waals surface area contributed by atoms with E-state index in [1.807, 2.05) is 55.8 Å². The fourth-order valence-electron chi connectivity index (χ4n) is 2.43. The van der Waals surface area contributed by atoms with Crippen LogP contribution in [0.4, 0.5) is 0 Å². The van der Waals surface area contributed by atoms with Crippen molar-refractivity contribution in [3.8, 4) is 0 Å². The van der Waals surface area contributed by atoms with Crippen LogP contribution in [0.2, 0.25) is 0 Å². The van der Waals surface area contributed by atoms with Crippen molar-refractivity contribution >= 4 is 17.7 Å². The van der Waals surface area contributed by atoms with E-state index >= 15 is 0 Å². The summed E-state index contributed by atoms with van der Waals surface area (Å²) in [5, 5.41) is 2.49. The topological polar surface area (TPSA) is 77.4 Å². The fourth-order valence-corrected chi connectivity index (χ4v) is 2.43. The van der Waals surface area contributed by atoms with Crippen LogP contribution >= 0.6 is 0 Å². The molecule has 0 radical (unpaired) electrons. The van der Waals surface area contributed by atoms with Crippen molar-refractivity contribution in [3.63, 3.8) is 0 Å².